The average Bonchev–Trinajstić information content (AvgIpc) is 2.60. The number of rotatable bonds is 4. The maximum absolute atomic E-state index is 13.0. The van der Waals surface area contributed by atoms with Gasteiger partial charge in [0.25, 0.3) is 16.4 Å². The van der Waals surface area contributed by atoms with E-state index >= 15 is 0 Å². The summed E-state index contributed by atoms with van der Waals surface area (Å²) in [5, 5.41) is 0. The quantitative estimate of drug-likeness (QED) is 0.919. The molecule has 0 fully saturated rings. The highest BCUT2D eigenvalue weighted by Gasteiger charge is 2.30. The molecule has 7 heteroatoms. The number of anilines is 1. The third-order valence-electron chi connectivity index (χ3n) is 4.20. The van der Waals surface area contributed by atoms with Crippen LogP contribution >= 0.6 is 0 Å². The number of sulfonamides is 1. The maximum atomic E-state index is 13.0. The van der Waals surface area contributed by atoms with Crippen LogP contribution in [0.25, 0.3) is 0 Å². The SMILES string of the molecule is NCc1cccc2c1N(S(=O)(=O)c1ccc(C(F)F)cc1)CCC2. The van der Waals surface area contributed by atoms with Crippen molar-refractivity contribution in [3.63, 3.8) is 0 Å². The van der Waals surface area contributed by atoms with Crippen molar-refractivity contribution in [2.24, 2.45) is 5.73 Å². The molecule has 0 spiro atoms. The standard InChI is InChI=1S/C17H18F2N2O2S/c18-17(19)13-6-8-15(9-7-13)24(22,23)21-10-2-5-12-3-1-4-14(11-20)16(12)21/h1,3-4,6-9,17H,2,5,10-11,20H2. The molecule has 4 nitrogen and oxygen atoms in total. The van der Waals surface area contributed by atoms with Gasteiger partial charge in [-0.05, 0) is 36.1 Å². The fourth-order valence-corrected chi connectivity index (χ4v) is 4.59. The second kappa shape index (κ2) is 6.49. The number of hydrogen-bond donors (Lipinski definition) is 1. The topological polar surface area (TPSA) is 63.4 Å². The number of alkyl halides is 2. The van der Waals surface area contributed by atoms with Crippen LogP contribution in [0.5, 0.6) is 0 Å². The summed E-state index contributed by atoms with van der Waals surface area (Å²) in [6.07, 6.45) is -1.13. The summed E-state index contributed by atoms with van der Waals surface area (Å²) < 4.78 is 52.7. The van der Waals surface area contributed by atoms with E-state index in [0.717, 1.165) is 29.7 Å². The fourth-order valence-electron chi connectivity index (χ4n) is 3.01. The number of nitrogens with zero attached hydrogens (tertiary/aromatic N) is 1. The third-order valence-corrected chi connectivity index (χ3v) is 6.01. The lowest BCUT2D eigenvalue weighted by Crippen LogP contribution is -2.36. The van der Waals surface area contributed by atoms with Gasteiger partial charge < -0.3 is 5.73 Å². The molecular weight excluding hydrogens is 334 g/mol. The van der Waals surface area contributed by atoms with Gasteiger partial charge in [-0.15, -0.1) is 0 Å². The van der Waals surface area contributed by atoms with Crippen LogP contribution in [-0.4, -0.2) is 15.0 Å². The van der Waals surface area contributed by atoms with Crippen LogP contribution in [0.4, 0.5) is 14.5 Å². The van der Waals surface area contributed by atoms with Gasteiger partial charge in [0.15, 0.2) is 0 Å². The van der Waals surface area contributed by atoms with E-state index in [4.69, 9.17) is 5.73 Å². The van der Waals surface area contributed by atoms with E-state index in [1.54, 1.807) is 0 Å². The lowest BCUT2D eigenvalue weighted by Gasteiger charge is -2.32. The van der Waals surface area contributed by atoms with Crippen molar-refractivity contribution >= 4 is 15.7 Å². The molecule has 0 aromatic heterocycles. The molecule has 1 aliphatic heterocycles. The molecule has 3 rings (SSSR count). The highest BCUT2D eigenvalue weighted by molar-refractivity contribution is 7.92. The fraction of sp³-hybridized carbons (Fsp3) is 0.294. The monoisotopic (exact) mass is 352 g/mol. The van der Waals surface area contributed by atoms with Crippen LogP contribution < -0.4 is 10.0 Å². The first-order chi connectivity index (χ1) is 11.4. The molecule has 2 N–H and O–H groups in total. The number of halogens is 2. The first kappa shape index (κ1) is 16.9. The van der Waals surface area contributed by atoms with Crippen LogP contribution in [0.3, 0.4) is 0 Å². The van der Waals surface area contributed by atoms with Crippen molar-refractivity contribution in [1.29, 1.82) is 0 Å². The van der Waals surface area contributed by atoms with E-state index in [-0.39, 0.29) is 17.0 Å². The van der Waals surface area contributed by atoms with Crippen LogP contribution in [-0.2, 0) is 23.0 Å². The van der Waals surface area contributed by atoms with Gasteiger partial charge in [0, 0.05) is 18.7 Å². The van der Waals surface area contributed by atoms with E-state index in [0.29, 0.717) is 18.7 Å². The first-order valence-corrected chi connectivity index (χ1v) is 9.11. The Labute approximate surface area is 139 Å². The summed E-state index contributed by atoms with van der Waals surface area (Å²) in [5.41, 5.74) is 7.90. The maximum Gasteiger partial charge on any atom is 0.264 e. The number of nitrogens with two attached hydrogens (primary N) is 1. The minimum absolute atomic E-state index is 0.00609. The van der Waals surface area contributed by atoms with Crippen molar-refractivity contribution in [2.45, 2.75) is 30.7 Å². The van der Waals surface area contributed by atoms with Crippen LogP contribution in [0.1, 0.15) is 29.5 Å². The van der Waals surface area contributed by atoms with Crippen molar-refractivity contribution in [1.82, 2.24) is 0 Å². The molecule has 128 valence electrons. The lowest BCUT2D eigenvalue weighted by atomic mass is 9.99. The largest absolute Gasteiger partial charge is 0.326 e. The van der Waals surface area contributed by atoms with Gasteiger partial charge in [-0.25, -0.2) is 17.2 Å². The zero-order chi connectivity index (χ0) is 17.3. The summed E-state index contributed by atoms with van der Waals surface area (Å²) in [5.74, 6) is 0. The second-order valence-corrected chi connectivity index (χ2v) is 7.54. The molecule has 0 bridgehead atoms. The van der Waals surface area contributed by atoms with Crippen LogP contribution in [0.2, 0.25) is 0 Å². The Balaban J connectivity index is 2.06. The molecule has 1 heterocycles. The van der Waals surface area contributed by atoms with E-state index < -0.39 is 16.4 Å². The van der Waals surface area contributed by atoms with Gasteiger partial charge in [0.05, 0.1) is 10.6 Å². The smallest absolute Gasteiger partial charge is 0.264 e. The minimum atomic E-state index is -3.82. The number of fused-ring (bicyclic) bond motifs is 1. The molecule has 2 aromatic carbocycles. The van der Waals surface area contributed by atoms with Crippen molar-refractivity contribution in [3.05, 3.63) is 59.2 Å². The zero-order valence-corrected chi connectivity index (χ0v) is 13.8. The van der Waals surface area contributed by atoms with Gasteiger partial charge in [-0.3, -0.25) is 4.31 Å². The number of aryl methyl sites for hydroxylation is 1. The third kappa shape index (κ3) is 2.89. The molecule has 0 saturated carbocycles. The molecule has 0 aliphatic carbocycles. The molecule has 0 radical (unpaired) electrons. The summed E-state index contributed by atoms with van der Waals surface area (Å²) in [6.45, 7) is 0.586. The average molecular weight is 352 g/mol. The Kier molecular flexibility index (Phi) is 4.56. The van der Waals surface area contributed by atoms with Crippen molar-refractivity contribution < 1.29 is 17.2 Å². The highest BCUT2D eigenvalue weighted by atomic mass is 32.2. The Morgan fingerprint density at radius 1 is 1.12 bits per heavy atom. The van der Waals surface area contributed by atoms with Gasteiger partial charge >= 0.3 is 0 Å². The van der Waals surface area contributed by atoms with Gasteiger partial charge in [0.2, 0.25) is 0 Å². The molecule has 24 heavy (non-hydrogen) atoms. The Bertz CT molecular complexity index is 822. The zero-order valence-electron chi connectivity index (χ0n) is 13.0. The lowest BCUT2D eigenvalue weighted by molar-refractivity contribution is 0.151. The number of benzene rings is 2. The van der Waals surface area contributed by atoms with Crippen LogP contribution in [0.15, 0.2) is 47.4 Å². The molecule has 0 saturated heterocycles. The minimum Gasteiger partial charge on any atom is -0.326 e. The van der Waals surface area contributed by atoms with E-state index in [2.05, 4.69) is 0 Å². The first-order valence-electron chi connectivity index (χ1n) is 7.67. The summed E-state index contributed by atoms with van der Waals surface area (Å²) >= 11 is 0. The van der Waals surface area contributed by atoms with Crippen molar-refractivity contribution in [3.8, 4) is 0 Å². The predicted octanol–water partition coefficient (Wildman–Crippen LogP) is 3.22. The Morgan fingerprint density at radius 3 is 2.46 bits per heavy atom. The second-order valence-electron chi connectivity index (χ2n) is 5.68. The van der Waals surface area contributed by atoms with Gasteiger partial charge in [0.1, 0.15) is 0 Å². The van der Waals surface area contributed by atoms with E-state index in [1.165, 1.54) is 16.4 Å². The van der Waals surface area contributed by atoms with Crippen molar-refractivity contribution in [2.75, 3.05) is 10.8 Å². The Morgan fingerprint density at radius 2 is 1.83 bits per heavy atom. The summed E-state index contributed by atoms with van der Waals surface area (Å²) in [4.78, 5) is 0.00609. The summed E-state index contributed by atoms with van der Waals surface area (Å²) in [6, 6.07) is 10.3. The predicted molar refractivity (Wildman–Crippen MR) is 88.6 cm³/mol. The number of hydrogen-bond acceptors (Lipinski definition) is 3. The van der Waals surface area contributed by atoms with E-state index in [1.807, 2.05) is 18.2 Å². The van der Waals surface area contributed by atoms with E-state index in [9.17, 15) is 17.2 Å². The van der Waals surface area contributed by atoms with Gasteiger partial charge in [-0.1, -0.05) is 30.3 Å². The van der Waals surface area contributed by atoms with Gasteiger partial charge in [-0.2, -0.15) is 0 Å². The molecular formula is C17H18F2N2O2S. The highest BCUT2D eigenvalue weighted by Crippen LogP contribution is 2.35. The summed E-state index contributed by atoms with van der Waals surface area (Å²) in [7, 11) is -3.82. The molecule has 0 atom stereocenters. The van der Waals surface area contributed by atoms with Crippen LogP contribution in [0, 0.1) is 0 Å². The molecule has 0 unspecified atom stereocenters. The Hall–Kier alpha value is -1.99. The molecule has 0 amide bonds. The normalized spacial score (nSPS) is 14.8. The molecule has 1 aliphatic rings. The molecule has 2 aromatic rings. The number of para-hydroxylation sites is 1.